The SMILES string of the molecule is CCc1ccc2c(Cn3cnc4c(cnn4-c4ccccc4[N+](=O)[O-])c3=O)cc(=O)oc2c1. The third kappa shape index (κ3) is 3.47. The summed E-state index contributed by atoms with van der Waals surface area (Å²) in [5, 5.41) is 16.5. The first-order valence-electron chi connectivity index (χ1n) is 10.2. The van der Waals surface area contributed by atoms with Gasteiger partial charge in [0.25, 0.3) is 11.2 Å². The van der Waals surface area contributed by atoms with Crippen LogP contribution in [0.25, 0.3) is 27.7 Å². The Morgan fingerprint density at radius 2 is 1.91 bits per heavy atom. The molecule has 2 aromatic carbocycles. The number of fused-ring (bicyclic) bond motifs is 2. The van der Waals surface area contributed by atoms with Crippen LogP contribution in [-0.4, -0.2) is 24.3 Å². The first kappa shape index (κ1) is 20.3. The lowest BCUT2D eigenvalue weighted by Gasteiger charge is -2.09. The van der Waals surface area contributed by atoms with E-state index in [4.69, 9.17) is 4.42 Å². The van der Waals surface area contributed by atoms with E-state index in [-0.39, 0.29) is 34.5 Å². The van der Waals surface area contributed by atoms with Crippen LogP contribution >= 0.6 is 0 Å². The standard InChI is InChI=1S/C23H17N5O5/c1-2-14-7-8-16-15(10-21(29)33-20(16)9-14)12-26-13-24-22-17(23(26)30)11-25-27(22)18-5-3-4-6-19(18)28(31)32/h3-11,13H,2,12H2,1H3. The van der Waals surface area contributed by atoms with Gasteiger partial charge in [-0.15, -0.1) is 0 Å². The maximum absolute atomic E-state index is 13.2. The zero-order chi connectivity index (χ0) is 23.1. The lowest BCUT2D eigenvalue weighted by Crippen LogP contribution is -2.22. The largest absolute Gasteiger partial charge is 0.423 e. The Labute approximate surface area is 185 Å². The number of benzene rings is 2. The molecule has 0 N–H and O–H groups in total. The predicted molar refractivity (Wildman–Crippen MR) is 121 cm³/mol. The molecule has 0 aliphatic rings. The van der Waals surface area contributed by atoms with E-state index in [0.717, 1.165) is 17.4 Å². The first-order chi connectivity index (χ1) is 16.0. The van der Waals surface area contributed by atoms with Gasteiger partial charge in [0.05, 0.1) is 17.7 Å². The number of nitro groups is 1. The fraction of sp³-hybridized carbons (Fsp3) is 0.130. The Kier molecular flexibility index (Phi) is 4.82. The maximum Gasteiger partial charge on any atom is 0.336 e. The van der Waals surface area contributed by atoms with E-state index in [9.17, 15) is 19.7 Å². The van der Waals surface area contributed by atoms with Gasteiger partial charge < -0.3 is 4.42 Å². The normalized spacial score (nSPS) is 11.3. The summed E-state index contributed by atoms with van der Waals surface area (Å²) in [5.41, 5.74) is 1.50. The van der Waals surface area contributed by atoms with Crippen molar-refractivity contribution < 1.29 is 9.34 Å². The van der Waals surface area contributed by atoms with Gasteiger partial charge in [0.1, 0.15) is 23.0 Å². The molecule has 10 nitrogen and oxygen atoms in total. The molecule has 0 aliphatic carbocycles. The van der Waals surface area contributed by atoms with E-state index in [1.807, 2.05) is 25.1 Å². The van der Waals surface area contributed by atoms with E-state index in [2.05, 4.69) is 10.1 Å². The molecule has 3 heterocycles. The summed E-state index contributed by atoms with van der Waals surface area (Å²) in [5.74, 6) is 0. The number of nitrogens with zero attached hydrogens (tertiary/aromatic N) is 5. The molecule has 3 aromatic heterocycles. The van der Waals surface area contributed by atoms with Crippen molar-refractivity contribution in [3.63, 3.8) is 0 Å². The zero-order valence-electron chi connectivity index (χ0n) is 17.5. The lowest BCUT2D eigenvalue weighted by molar-refractivity contribution is -0.384. The van der Waals surface area contributed by atoms with E-state index in [1.165, 1.54) is 40.0 Å². The van der Waals surface area contributed by atoms with Crippen molar-refractivity contribution in [2.24, 2.45) is 0 Å². The number of hydrogen-bond donors (Lipinski definition) is 0. The minimum Gasteiger partial charge on any atom is -0.423 e. The molecule has 0 aliphatic heterocycles. The highest BCUT2D eigenvalue weighted by molar-refractivity contribution is 5.81. The Balaban J connectivity index is 1.61. The van der Waals surface area contributed by atoms with Crippen LogP contribution in [0.3, 0.4) is 0 Å². The minimum absolute atomic E-state index is 0.103. The maximum atomic E-state index is 13.2. The lowest BCUT2D eigenvalue weighted by atomic mass is 10.1. The molecule has 0 atom stereocenters. The van der Waals surface area contributed by atoms with E-state index in [1.54, 1.807) is 12.1 Å². The molecule has 10 heteroatoms. The summed E-state index contributed by atoms with van der Waals surface area (Å²) in [7, 11) is 0. The summed E-state index contributed by atoms with van der Waals surface area (Å²) in [4.78, 5) is 40.5. The number of para-hydroxylation sites is 2. The fourth-order valence-electron chi connectivity index (χ4n) is 3.84. The summed E-state index contributed by atoms with van der Waals surface area (Å²) >= 11 is 0. The van der Waals surface area contributed by atoms with Crippen LogP contribution < -0.4 is 11.2 Å². The van der Waals surface area contributed by atoms with Crippen molar-refractivity contribution in [1.82, 2.24) is 19.3 Å². The molecule has 0 amide bonds. The van der Waals surface area contributed by atoms with Gasteiger partial charge in [-0.2, -0.15) is 5.10 Å². The van der Waals surface area contributed by atoms with Gasteiger partial charge in [0.15, 0.2) is 5.65 Å². The molecule has 0 saturated heterocycles. The molecule has 33 heavy (non-hydrogen) atoms. The number of aryl methyl sites for hydroxylation is 1. The van der Waals surface area contributed by atoms with Gasteiger partial charge in [-0.05, 0) is 29.7 Å². The molecule has 0 radical (unpaired) electrons. The van der Waals surface area contributed by atoms with Crippen molar-refractivity contribution >= 4 is 27.7 Å². The highest BCUT2D eigenvalue weighted by Gasteiger charge is 2.19. The second-order valence-corrected chi connectivity index (χ2v) is 7.49. The second-order valence-electron chi connectivity index (χ2n) is 7.49. The minimum atomic E-state index is -0.514. The van der Waals surface area contributed by atoms with Gasteiger partial charge in [0.2, 0.25) is 0 Å². The van der Waals surface area contributed by atoms with E-state index >= 15 is 0 Å². The molecule has 164 valence electrons. The third-order valence-electron chi connectivity index (χ3n) is 5.50. The monoisotopic (exact) mass is 443 g/mol. The molecule has 0 bridgehead atoms. The van der Waals surface area contributed by atoms with Crippen molar-refractivity contribution in [2.75, 3.05) is 0 Å². The Bertz CT molecular complexity index is 1660. The number of rotatable bonds is 5. The Hall–Kier alpha value is -4.60. The first-order valence-corrected chi connectivity index (χ1v) is 10.2. The van der Waals surface area contributed by atoms with Gasteiger partial charge in [-0.1, -0.05) is 31.2 Å². The second kappa shape index (κ2) is 7.83. The highest BCUT2D eigenvalue weighted by atomic mass is 16.6. The summed E-state index contributed by atoms with van der Waals surface area (Å²) in [6.07, 6.45) is 3.48. The molecular weight excluding hydrogens is 426 g/mol. The van der Waals surface area contributed by atoms with E-state index < -0.39 is 10.5 Å². The van der Waals surface area contributed by atoms with Crippen molar-refractivity contribution in [3.8, 4) is 5.69 Å². The summed E-state index contributed by atoms with van der Waals surface area (Å²) in [6, 6.07) is 13.1. The van der Waals surface area contributed by atoms with Crippen LogP contribution in [0.5, 0.6) is 0 Å². The average molecular weight is 443 g/mol. The van der Waals surface area contributed by atoms with Crippen LogP contribution in [-0.2, 0) is 13.0 Å². The Morgan fingerprint density at radius 1 is 1.09 bits per heavy atom. The van der Waals surface area contributed by atoms with Crippen LogP contribution in [0.4, 0.5) is 5.69 Å². The molecule has 0 fully saturated rings. The van der Waals surface area contributed by atoms with Crippen LogP contribution in [0.2, 0.25) is 0 Å². The molecule has 0 saturated carbocycles. The fourth-order valence-corrected chi connectivity index (χ4v) is 3.84. The quantitative estimate of drug-likeness (QED) is 0.232. The number of hydrogen-bond acceptors (Lipinski definition) is 7. The number of aromatic nitrogens is 4. The average Bonchev–Trinajstić information content (AvgIpc) is 3.25. The molecule has 5 aromatic rings. The zero-order valence-corrected chi connectivity index (χ0v) is 17.5. The van der Waals surface area contributed by atoms with Gasteiger partial charge >= 0.3 is 5.63 Å². The van der Waals surface area contributed by atoms with Gasteiger partial charge in [-0.25, -0.2) is 14.5 Å². The van der Waals surface area contributed by atoms with E-state index in [0.29, 0.717) is 11.1 Å². The summed E-state index contributed by atoms with van der Waals surface area (Å²) in [6.45, 7) is 2.11. The molecule has 5 rings (SSSR count). The summed E-state index contributed by atoms with van der Waals surface area (Å²) < 4.78 is 7.99. The molecular formula is C23H17N5O5. The molecule has 0 spiro atoms. The van der Waals surface area contributed by atoms with Crippen LogP contribution in [0.1, 0.15) is 18.1 Å². The topological polar surface area (TPSA) is 126 Å². The van der Waals surface area contributed by atoms with Gasteiger partial charge in [-0.3, -0.25) is 19.5 Å². The van der Waals surface area contributed by atoms with Crippen LogP contribution in [0, 0.1) is 10.1 Å². The third-order valence-corrected chi connectivity index (χ3v) is 5.50. The van der Waals surface area contributed by atoms with Crippen molar-refractivity contribution in [1.29, 1.82) is 0 Å². The smallest absolute Gasteiger partial charge is 0.336 e. The number of nitro benzene ring substituents is 1. The Morgan fingerprint density at radius 3 is 2.70 bits per heavy atom. The van der Waals surface area contributed by atoms with Crippen molar-refractivity contribution in [3.05, 3.63) is 103 Å². The van der Waals surface area contributed by atoms with Crippen LogP contribution in [0.15, 0.2) is 75.1 Å². The van der Waals surface area contributed by atoms with Crippen molar-refractivity contribution in [2.45, 2.75) is 19.9 Å². The molecule has 0 unspecified atom stereocenters. The predicted octanol–water partition coefficient (Wildman–Crippen LogP) is 3.21. The van der Waals surface area contributed by atoms with Gasteiger partial charge in [0, 0.05) is 17.5 Å². The highest BCUT2D eigenvalue weighted by Crippen LogP contribution is 2.24.